The number of thiophene rings is 1. The second kappa shape index (κ2) is 3.67. The zero-order chi connectivity index (χ0) is 9.38. The van der Waals surface area contributed by atoms with Crippen LogP contribution < -0.4 is 5.32 Å². The minimum atomic E-state index is 0.819. The first-order valence-electron chi connectivity index (χ1n) is 5.75. The van der Waals surface area contributed by atoms with E-state index in [-0.39, 0.29) is 0 Å². The fourth-order valence-corrected chi connectivity index (χ4v) is 4.04. The molecule has 1 fully saturated rings. The van der Waals surface area contributed by atoms with Gasteiger partial charge < -0.3 is 5.32 Å². The van der Waals surface area contributed by atoms with E-state index in [4.69, 9.17) is 0 Å². The lowest BCUT2D eigenvalue weighted by molar-refractivity contribution is 0.466. The van der Waals surface area contributed by atoms with Crippen molar-refractivity contribution >= 4 is 11.3 Å². The summed E-state index contributed by atoms with van der Waals surface area (Å²) in [5.41, 5.74) is 1.66. The van der Waals surface area contributed by atoms with E-state index < -0.39 is 0 Å². The Hall–Kier alpha value is -0.340. The Morgan fingerprint density at radius 1 is 1.29 bits per heavy atom. The molecule has 0 aromatic carbocycles. The Bertz CT molecular complexity index is 302. The Morgan fingerprint density at radius 3 is 3.07 bits per heavy atom. The number of fused-ring (bicyclic) bond motifs is 1. The van der Waals surface area contributed by atoms with Crippen LogP contribution in [0.15, 0.2) is 6.07 Å². The summed E-state index contributed by atoms with van der Waals surface area (Å²) in [6.07, 6.45) is 6.83. The minimum absolute atomic E-state index is 0.819. The van der Waals surface area contributed by atoms with Crippen molar-refractivity contribution in [2.24, 2.45) is 0 Å². The van der Waals surface area contributed by atoms with Crippen LogP contribution in [-0.2, 0) is 12.8 Å². The van der Waals surface area contributed by atoms with Gasteiger partial charge in [0.05, 0.1) is 0 Å². The Balaban J connectivity index is 1.82. The van der Waals surface area contributed by atoms with Crippen LogP contribution in [0.3, 0.4) is 0 Å². The molecule has 1 aliphatic heterocycles. The van der Waals surface area contributed by atoms with Gasteiger partial charge in [0.15, 0.2) is 0 Å². The van der Waals surface area contributed by atoms with Gasteiger partial charge in [-0.25, -0.2) is 0 Å². The summed E-state index contributed by atoms with van der Waals surface area (Å²) in [4.78, 5) is 3.34. The van der Waals surface area contributed by atoms with E-state index in [2.05, 4.69) is 22.7 Å². The van der Waals surface area contributed by atoms with E-state index >= 15 is 0 Å². The average Bonchev–Trinajstić information content (AvgIpc) is 2.78. The zero-order valence-corrected chi connectivity index (χ0v) is 9.33. The van der Waals surface area contributed by atoms with Gasteiger partial charge in [0.1, 0.15) is 0 Å². The largest absolute Gasteiger partial charge is 0.316 e. The third kappa shape index (κ3) is 1.51. The maximum absolute atomic E-state index is 3.50. The highest BCUT2D eigenvalue weighted by Gasteiger charge is 2.21. The van der Waals surface area contributed by atoms with Crippen LogP contribution in [-0.4, -0.2) is 13.1 Å². The van der Waals surface area contributed by atoms with Gasteiger partial charge in [-0.3, -0.25) is 0 Å². The molecule has 14 heavy (non-hydrogen) atoms. The predicted molar refractivity (Wildman–Crippen MR) is 61.2 cm³/mol. The van der Waals surface area contributed by atoms with Gasteiger partial charge >= 0.3 is 0 Å². The third-order valence-electron chi connectivity index (χ3n) is 3.46. The lowest BCUT2D eigenvalue weighted by atomic mass is 9.97. The maximum atomic E-state index is 3.50. The monoisotopic (exact) mass is 207 g/mol. The normalized spacial score (nSPS) is 26.4. The van der Waals surface area contributed by atoms with E-state index in [0.717, 1.165) is 5.92 Å². The molecule has 0 spiro atoms. The van der Waals surface area contributed by atoms with Crippen LogP contribution in [0.1, 0.15) is 40.5 Å². The first-order chi connectivity index (χ1) is 6.93. The Kier molecular flexibility index (Phi) is 2.34. The van der Waals surface area contributed by atoms with Gasteiger partial charge in [0.25, 0.3) is 0 Å². The SMILES string of the molecule is c1c(C2CCCNC2)sc2c1CCC2. The molecule has 1 unspecified atom stereocenters. The quantitative estimate of drug-likeness (QED) is 0.746. The molecule has 1 aromatic heterocycles. The fourth-order valence-electron chi connectivity index (χ4n) is 2.65. The number of piperidine rings is 1. The first kappa shape index (κ1) is 8.93. The molecule has 1 nitrogen and oxygen atoms in total. The molecule has 0 radical (unpaired) electrons. The lowest BCUT2D eigenvalue weighted by Gasteiger charge is -2.21. The van der Waals surface area contributed by atoms with Crippen molar-refractivity contribution in [3.8, 4) is 0 Å². The molecule has 2 heteroatoms. The van der Waals surface area contributed by atoms with Crippen molar-refractivity contribution in [3.63, 3.8) is 0 Å². The molecular formula is C12H17NS. The van der Waals surface area contributed by atoms with Crippen molar-refractivity contribution in [2.75, 3.05) is 13.1 Å². The van der Waals surface area contributed by atoms with Crippen molar-refractivity contribution in [2.45, 2.75) is 38.0 Å². The second-order valence-corrected chi connectivity index (χ2v) is 5.66. The highest BCUT2D eigenvalue weighted by atomic mass is 32.1. The van der Waals surface area contributed by atoms with Crippen molar-refractivity contribution in [1.29, 1.82) is 0 Å². The van der Waals surface area contributed by atoms with Crippen LogP contribution in [0.2, 0.25) is 0 Å². The summed E-state index contributed by atoms with van der Waals surface area (Å²) >= 11 is 2.09. The average molecular weight is 207 g/mol. The summed E-state index contributed by atoms with van der Waals surface area (Å²) in [5, 5.41) is 3.50. The Labute approximate surface area is 89.5 Å². The summed E-state index contributed by atoms with van der Waals surface area (Å²) < 4.78 is 0. The van der Waals surface area contributed by atoms with Gasteiger partial charge in [-0.1, -0.05) is 0 Å². The Morgan fingerprint density at radius 2 is 2.29 bits per heavy atom. The number of nitrogens with one attached hydrogen (secondary N) is 1. The number of aryl methyl sites for hydroxylation is 2. The summed E-state index contributed by atoms with van der Waals surface area (Å²) in [6.45, 7) is 2.43. The number of rotatable bonds is 1. The highest BCUT2D eigenvalue weighted by Crippen LogP contribution is 2.36. The third-order valence-corrected chi connectivity index (χ3v) is 4.86. The highest BCUT2D eigenvalue weighted by molar-refractivity contribution is 7.12. The topological polar surface area (TPSA) is 12.0 Å². The molecule has 2 heterocycles. The molecule has 1 aliphatic carbocycles. The van der Waals surface area contributed by atoms with Crippen molar-refractivity contribution < 1.29 is 0 Å². The molecule has 1 aromatic rings. The summed E-state index contributed by atoms with van der Waals surface area (Å²) in [7, 11) is 0. The molecule has 3 rings (SSSR count). The van der Waals surface area contributed by atoms with Crippen molar-refractivity contribution in [3.05, 3.63) is 21.4 Å². The van der Waals surface area contributed by atoms with Gasteiger partial charge in [0, 0.05) is 22.2 Å². The van der Waals surface area contributed by atoms with E-state index in [1.807, 2.05) is 0 Å². The second-order valence-electron chi connectivity index (χ2n) is 4.49. The van der Waals surface area contributed by atoms with E-state index in [1.165, 1.54) is 45.2 Å². The van der Waals surface area contributed by atoms with Crippen LogP contribution >= 0.6 is 11.3 Å². The van der Waals surface area contributed by atoms with E-state index in [0.29, 0.717) is 0 Å². The van der Waals surface area contributed by atoms with E-state index in [1.54, 1.807) is 15.3 Å². The van der Waals surface area contributed by atoms with Gasteiger partial charge in [0.2, 0.25) is 0 Å². The molecule has 1 N–H and O–H groups in total. The van der Waals surface area contributed by atoms with Crippen LogP contribution in [0.4, 0.5) is 0 Å². The van der Waals surface area contributed by atoms with Crippen molar-refractivity contribution in [1.82, 2.24) is 5.32 Å². The molecule has 0 bridgehead atoms. The predicted octanol–water partition coefficient (Wildman–Crippen LogP) is 2.70. The molecule has 0 amide bonds. The van der Waals surface area contributed by atoms with Gasteiger partial charge in [-0.15, -0.1) is 11.3 Å². The summed E-state index contributed by atoms with van der Waals surface area (Å²) in [6, 6.07) is 2.49. The molecular weight excluding hydrogens is 190 g/mol. The number of hydrogen-bond donors (Lipinski definition) is 1. The lowest BCUT2D eigenvalue weighted by Crippen LogP contribution is -2.27. The molecule has 1 atom stereocenters. The van der Waals surface area contributed by atoms with Gasteiger partial charge in [-0.05, 0) is 50.3 Å². The minimum Gasteiger partial charge on any atom is -0.316 e. The fraction of sp³-hybridized carbons (Fsp3) is 0.667. The van der Waals surface area contributed by atoms with Crippen LogP contribution in [0, 0.1) is 0 Å². The maximum Gasteiger partial charge on any atom is 0.00946 e. The summed E-state index contributed by atoms with van der Waals surface area (Å²) in [5.74, 6) is 0.819. The van der Waals surface area contributed by atoms with E-state index in [9.17, 15) is 0 Å². The van der Waals surface area contributed by atoms with Gasteiger partial charge in [-0.2, -0.15) is 0 Å². The first-order valence-corrected chi connectivity index (χ1v) is 6.57. The molecule has 0 saturated carbocycles. The molecule has 2 aliphatic rings. The standard InChI is InChI=1S/C12H17NS/c1-3-9-7-12(14-11(9)5-1)10-4-2-6-13-8-10/h7,10,13H,1-6,8H2. The zero-order valence-electron chi connectivity index (χ0n) is 8.51. The van der Waals surface area contributed by atoms with Crippen LogP contribution in [0.25, 0.3) is 0 Å². The van der Waals surface area contributed by atoms with Crippen LogP contribution in [0.5, 0.6) is 0 Å². The molecule has 76 valence electrons. The number of hydrogen-bond acceptors (Lipinski definition) is 2. The smallest absolute Gasteiger partial charge is 0.00946 e. The molecule has 1 saturated heterocycles.